The Morgan fingerprint density at radius 2 is 0.854 bits per heavy atom. The maximum absolute atomic E-state index is 11.6. The van der Waals surface area contributed by atoms with Gasteiger partial charge in [0.2, 0.25) is 0 Å². The number of aliphatic hydroxyl groups excluding tert-OH is 1. The van der Waals surface area contributed by atoms with Crippen LogP contribution in [0.3, 0.4) is 0 Å². The molecule has 1 aliphatic rings. The lowest BCUT2D eigenvalue weighted by Crippen LogP contribution is -2.66. The zero-order valence-electron chi connectivity index (χ0n) is 23.2. The maximum Gasteiger partial charge on any atom is 0.112 e. The molecular weight excluding hydrogens is 514 g/mol. The molecule has 0 saturated heterocycles. The number of hydrogen-bond donors (Lipinski definition) is 2. The number of aliphatic hydroxyl groups is 1. The molecule has 0 aliphatic heterocycles. The molecule has 4 aromatic carbocycles. The van der Waals surface area contributed by atoms with Gasteiger partial charge in [-0.2, -0.15) is 0 Å². The van der Waals surface area contributed by atoms with Crippen molar-refractivity contribution < 1.29 is 24.1 Å². The highest BCUT2D eigenvalue weighted by atomic mass is 16.6. The number of nitrogens with two attached hydrogens (primary N) is 1. The Morgan fingerprint density at radius 3 is 1.29 bits per heavy atom. The van der Waals surface area contributed by atoms with E-state index in [1.807, 2.05) is 121 Å². The third kappa shape index (κ3) is 8.11. The first kappa shape index (κ1) is 29.1. The summed E-state index contributed by atoms with van der Waals surface area (Å²) in [5.41, 5.74) is 10.9. The first-order chi connectivity index (χ1) is 20.2. The van der Waals surface area contributed by atoms with Gasteiger partial charge >= 0.3 is 0 Å². The SMILES string of the molecule is N[C@@H]1[C@H](OCc2ccccc2)[C@@H](OCc2ccccc2)[C@H](OCc2ccccc2)C(COCc2ccccc2)[C@@H]1O. The van der Waals surface area contributed by atoms with Crippen LogP contribution < -0.4 is 5.73 Å². The van der Waals surface area contributed by atoms with E-state index in [1.54, 1.807) is 0 Å². The van der Waals surface area contributed by atoms with Crippen molar-refractivity contribution in [3.8, 4) is 0 Å². The highest BCUT2D eigenvalue weighted by Gasteiger charge is 2.51. The lowest BCUT2D eigenvalue weighted by molar-refractivity contribution is -0.226. The molecule has 6 heteroatoms. The van der Waals surface area contributed by atoms with Crippen LogP contribution in [0.1, 0.15) is 22.3 Å². The van der Waals surface area contributed by atoms with E-state index in [0.717, 1.165) is 22.3 Å². The van der Waals surface area contributed by atoms with Gasteiger partial charge < -0.3 is 29.8 Å². The molecule has 41 heavy (non-hydrogen) atoms. The zero-order valence-corrected chi connectivity index (χ0v) is 23.2. The van der Waals surface area contributed by atoms with E-state index < -0.39 is 36.4 Å². The average molecular weight is 554 g/mol. The smallest absolute Gasteiger partial charge is 0.112 e. The molecule has 0 amide bonds. The Bertz CT molecular complexity index is 1280. The third-order valence-electron chi connectivity index (χ3n) is 7.56. The Hall–Kier alpha value is -3.36. The van der Waals surface area contributed by atoms with Gasteiger partial charge in [0.05, 0.1) is 51.3 Å². The first-order valence-electron chi connectivity index (χ1n) is 14.2. The van der Waals surface area contributed by atoms with Crippen molar-refractivity contribution >= 4 is 0 Å². The minimum Gasteiger partial charge on any atom is -0.391 e. The van der Waals surface area contributed by atoms with E-state index in [0.29, 0.717) is 26.4 Å². The summed E-state index contributed by atoms with van der Waals surface area (Å²) < 4.78 is 25.7. The normalized spacial score (nSPS) is 24.2. The zero-order chi connectivity index (χ0) is 28.3. The molecular formula is C35H39NO5. The van der Waals surface area contributed by atoms with Crippen molar-refractivity contribution in [1.82, 2.24) is 0 Å². The molecule has 1 fully saturated rings. The lowest BCUT2D eigenvalue weighted by Gasteiger charge is -2.48. The number of ether oxygens (including phenoxy) is 4. The summed E-state index contributed by atoms with van der Waals surface area (Å²) >= 11 is 0. The van der Waals surface area contributed by atoms with Gasteiger partial charge in [0.25, 0.3) is 0 Å². The second-order valence-electron chi connectivity index (χ2n) is 10.5. The van der Waals surface area contributed by atoms with Crippen LogP contribution in [0, 0.1) is 5.92 Å². The molecule has 0 aromatic heterocycles. The largest absolute Gasteiger partial charge is 0.391 e. The van der Waals surface area contributed by atoms with Crippen LogP contribution in [-0.4, -0.2) is 42.2 Å². The fourth-order valence-corrected chi connectivity index (χ4v) is 5.32. The second-order valence-corrected chi connectivity index (χ2v) is 10.5. The topological polar surface area (TPSA) is 83.2 Å². The lowest BCUT2D eigenvalue weighted by atomic mass is 9.77. The van der Waals surface area contributed by atoms with Crippen LogP contribution in [-0.2, 0) is 45.4 Å². The second kappa shape index (κ2) is 15.0. The molecule has 4 aromatic rings. The van der Waals surface area contributed by atoms with Crippen LogP contribution in [0.5, 0.6) is 0 Å². The molecule has 1 unspecified atom stereocenters. The molecule has 0 bridgehead atoms. The molecule has 5 rings (SSSR count). The average Bonchev–Trinajstić information content (AvgIpc) is 3.03. The molecule has 0 radical (unpaired) electrons. The Labute approximate surface area is 242 Å². The van der Waals surface area contributed by atoms with Gasteiger partial charge in [0, 0.05) is 5.92 Å². The van der Waals surface area contributed by atoms with Gasteiger partial charge in [0.15, 0.2) is 0 Å². The van der Waals surface area contributed by atoms with Gasteiger partial charge in [-0.25, -0.2) is 0 Å². The molecule has 6 nitrogen and oxygen atoms in total. The van der Waals surface area contributed by atoms with Crippen molar-refractivity contribution in [2.24, 2.45) is 11.7 Å². The van der Waals surface area contributed by atoms with Gasteiger partial charge in [-0.15, -0.1) is 0 Å². The summed E-state index contributed by atoms with van der Waals surface area (Å²) in [6.07, 6.45) is -2.57. The van der Waals surface area contributed by atoms with Crippen LogP contribution in [0.25, 0.3) is 0 Å². The molecule has 3 N–H and O–H groups in total. The van der Waals surface area contributed by atoms with Gasteiger partial charge in [0.1, 0.15) is 12.2 Å². The molecule has 0 spiro atoms. The van der Waals surface area contributed by atoms with E-state index in [2.05, 4.69) is 0 Å². The summed E-state index contributed by atoms with van der Waals surface area (Å²) in [5.74, 6) is -0.422. The predicted molar refractivity (Wildman–Crippen MR) is 159 cm³/mol. The Morgan fingerprint density at radius 1 is 0.488 bits per heavy atom. The van der Waals surface area contributed by atoms with Crippen molar-refractivity contribution in [2.45, 2.75) is 56.9 Å². The third-order valence-corrected chi connectivity index (χ3v) is 7.56. The van der Waals surface area contributed by atoms with E-state index in [-0.39, 0.29) is 6.61 Å². The minimum absolute atomic E-state index is 0.264. The van der Waals surface area contributed by atoms with E-state index in [1.165, 1.54) is 0 Å². The van der Waals surface area contributed by atoms with E-state index in [9.17, 15) is 5.11 Å². The van der Waals surface area contributed by atoms with E-state index >= 15 is 0 Å². The van der Waals surface area contributed by atoms with Crippen LogP contribution in [0.4, 0.5) is 0 Å². The number of benzene rings is 4. The van der Waals surface area contributed by atoms with E-state index in [4.69, 9.17) is 24.7 Å². The molecule has 1 aliphatic carbocycles. The summed E-state index contributed by atoms with van der Waals surface area (Å²) in [4.78, 5) is 0. The molecule has 214 valence electrons. The first-order valence-corrected chi connectivity index (χ1v) is 14.2. The van der Waals surface area contributed by atoms with Crippen molar-refractivity contribution in [3.05, 3.63) is 144 Å². The van der Waals surface area contributed by atoms with Gasteiger partial charge in [-0.3, -0.25) is 0 Å². The quantitative estimate of drug-likeness (QED) is 0.235. The van der Waals surface area contributed by atoms with Crippen LogP contribution in [0.15, 0.2) is 121 Å². The fraction of sp³-hybridized carbons (Fsp3) is 0.314. The summed E-state index contributed by atoms with van der Waals surface area (Å²) in [6.45, 7) is 1.76. The number of hydrogen-bond acceptors (Lipinski definition) is 6. The van der Waals surface area contributed by atoms with Gasteiger partial charge in [-0.1, -0.05) is 121 Å². The molecule has 0 heterocycles. The van der Waals surface area contributed by atoms with Crippen molar-refractivity contribution in [2.75, 3.05) is 6.61 Å². The minimum atomic E-state index is -0.913. The highest BCUT2D eigenvalue weighted by Crippen LogP contribution is 2.34. The molecule has 1 saturated carbocycles. The number of rotatable bonds is 13. The van der Waals surface area contributed by atoms with Crippen LogP contribution >= 0.6 is 0 Å². The summed E-state index contributed by atoms with van der Waals surface area (Å²) in [5, 5.41) is 11.6. The maximum atomic E-state index is 11.6. The monoisotopic (exact) mass is 553 g/mol. The predicted octanol–water partition coefficient (Wildman–Crippen LogP) is 5.28. The standard InChI is InChI=1S/C35H39NO5/c36-31-32(37)30(25-38-21-26-13-5-1-6-14-26)33(39-22-27-15-7-2-8-16-27)35(41-24-29-19-11-4-12-20-29)34(31)40-23-28-17-9-3-10-18-28/h1-20,30-35,37H,21-25,36H2/t30?,31-,32-,33+,34-,35-/m0/s1. The highest BCUT2D eigenvalue weighted by molar-refractivity contribution is 5.17. The van der Waals surface area contributed by atoms with Gasteiger partial charge in [-0.05, 0) is 22.3 Å². The van der Waals surface area contributed by atoms with Crippen molar-refractivity contribution in [1.29, 1.82) is 0 Å². The van der Waals surface area contributed by atoms with Crippen molar-refractivity contribution in [3.63, 3.8) is 0 Å². The fourth-order valence-electron chi connectivity index (χ4n) is 5.32. The Balaban J connectivity index is 1.39. The summed E-state index contributed by atoms with van der Waals surface area (Å²) in [6, 6.07) is 39.2. The Kier molecular flexibility index (Phi) is 10.7. The van der Waals surface area contributed by atoms with Crippen LogP contribution in [0.2, 0.25) is 0 Å². The molecule has 6 atom stereocenters. The summed E-state index contributed by atoms with van der Waals surface area (Å²) in [7, 11) is 0.